The van der Waals surface area contributed by atoms with Gasteiger partial charge in [-0.3, -0.25) is 0 Å². The Bertz CT molecular complexity index is 686. The minimum absolute atomic E-state index is 1.21. The molecule has 0 spiro atoms. The molecule has 1 aromatic heterocycles. The van der Waals surface area contributed by atoms with Gasteiger partial charge in [-0.2, -0.15) is 0 Å². The number of nitrogens with zero attached hydrogens (tertiary/aromatic N) is 1. The Morgan fingerprint density at radius 3 is 0.809 bits per heavy atom. The van der Waals surface area contributed by atoms with Crippen molar-refractivity contribution in [2.45, 2.75) is 265 Å². The lowest BCUT2D eigenvalue weighted by molar-refractivity contribution is -0.698. The highest BCUT2D eigenvalue weighted by Gasteiger charge is 2.09. The summed E-state index contributed by atoms with van der Waals surface area (Å²) in [6, 6.07) is 2.57. The third-order valence-electron chi connectivity index (χ3n) is 10.7. The largest absolute Gasteiger partial charge is 0.205 e. The van der Waals surface area contributed by atoms with Crippen LogP contribution in [-0.4, -0.2) is 0 Å². The maximum atomic E-state index is 2.57. The van der Waals surface area contributed by atoms with Gasteiger partial charge >= 0.3 is 0 Å². The maximum Gasteiger partial charge on any atom is 0.171 e. The van der Waals surface area contributed by atoms with Gasteiger partial charge in [0.05, 0.1) is 0 Å². The monoisotopic (exact) mass is 655 g/mol. The normalized spacial score (nSPS) is 11.6. The molecular formula is C46H88N+. The van der Waals surface area contributed by atoms with Crippen LogP contribution >= 0.6 is 0 Å². The van der Waals surface area contributed by atoms with Crippen molar-refractivity contribution in [3.63, 3.8) is 0 Å². The molecule has 0 aromatic carbocycles. The van der Waals surface area contributed by atoms with Crippen LogP contribution in [0.2, 0.25) is 0 Å². The first-order valence-electron chi connectivity index (χ1n) is 22.3. The predicted octanol–water partition coefficient (Wildman–Crippen LogP) is 15.8. The number of hydrogen-bond donors (Lipinski definition) is 0. The van der Waals surface area contributed by atoms with E-state index >= 15 is 0 Å². The molecule has 47 heavy (non-hydrogen) atoms. The van der Waals surface area contributed by atoms with Crippen molar-refractivity contribution in [3.05, 3.63) is 29.6 Å². The first-order chi connectivity index (χ1) is 23.3. The van der Waals surface area contributed by atoms with Gasteiger partial charge in [0.1, 0.15) is 6.54 Å². The average Bonchev–Trinajstić information content (AvgIpc) is 3.08. The van der Waals surface area contributed by atoms with Gasteiger partial charge in [-0.15, -0.1) is 0 Å². The van der Waals surface area contributed by atoms with Crippen molar-refractivity contribution in [2.75, 3.05) is 0 Å². The zero-order valence-corrected chi connectivity index (χ0v) is 33.0. The van der Waals surface area contributed by atoms with E-state index in [4.69, 9.17) is 0 Å². The first kappa shape index (κ1) is 44.2. The molecule has 0 amide bonds. The molecule has 1 heterocycles. The number of aromatic nitrogens is 1. The Morgan fingerprint density at radius 2 is 0.532 bits per heavy atom. The Hall–Kier alpha value is -0.850. The number of hydrogen-bond acceptors (Lipinski definition) is 0. The van der Waals surface area contributed by atoms with Crippen LogP contribution in [0, 0.1) is 0 Å². The Morgan fingerprint density at radius 1 is 0.298 bits per heavy atom. The van der Waals surface area contributed by atoms with E-state index in [0.717, 1.165) is 0 Å². The molecule has 276 valence electrons. The second kappa shape index (κ2) is 36.4. The third kappa shape index (κ3) is 30.9. The molecule has 1 heteroatoms. The van der Waals surface area contributed by atoms with E-state index in [1.54, 1.807) is 11.1 Å². The van der Waals surface area contributed by atoms with Gasteiger partial charge in [-0.25, -0.2) is 4.57 Å². The molecule has 1 aromatic rings. The van der Waals surface area contributed by atoms with Gasteiger partial charge in [0.2, 0.25) is 0 Å². The van der Waals surface area contributed by atoms with E-state index in [9.17, 15) is 0 Å². The average molecular weight is 655 g/mol. The lowest BCUT2D eigenvalue weighted by Crippen LogP contribution is -2.34. The van der Waals surface area contributed by atoms with Crippen LogP contribution in [0.15, 0.2) is 18.5 Å². The third-order valence-corrected chi connectivity index (χ3v) is 10.7. The van der Waals surface area contributed by atoms with Crippen LogP contribution < -0.4 is 4.57 Å². The molecule has 0 N–H and O–H groups in total. The quantitative estimate of drug-likeness (QED) is 0.0493. The van der Waals surface area contributed by atoms with Gasteiger partial charge in [-0.1, -0.05) is 220 Å². The summed E-state index contributed by atoms with van der Waals surface area (Å²) < 4.78 is 2.56. The summed E-state index contributed by atoms with van der Waals surface area (Å²) in [6.45, 7) is 8.15. The number of pyridine rings is 1. The Balaban J connectivity index is 2.19. The van der Waals surface area contributed by atoms with Crippen LogP contribution in [0.25, 0.3) is 0 Å². The lowest BCUT2D eigenvalue weighted by Gasteiger charge is -2.07. The molecule has 0 aliphatic heterocycles. The summed E-state index contributed by atoms with van der Waals surface area (Å²) in [7, 11) is 0. The topological polar surface area (TPSA) is 3.88 Å². The lowest BCUT2D eigenvalue weighted by atomic mass is 10.0. The molecule has 0 saturated heterocycles. The fourth-order valence-electron chi connectivity index (χ4n) is 7.48. The highest BCUT2D eigenvalue weighted by Crippen LogP contribution is 2.17. The van der Waals surface area contributed by atoms with E-state index in [0.29, 0.717) is 0 Å². The summed E-state index contributed by atoms with van der Waals surface area (Å²) in [6.07, 6.45) is 57.8. The number of rotatable bonds is 38. The van der Waals surface area contributed by atoms with Crippen LogP contribution in [-0.2, 0) is 19.4 Å². The van der Waals surface area contributed by atoms with Crippen molar-refractivity contribution < 1.29 is 4.57 Å². The Kier molecular flexibility index (Phi) is 34.2. The highest BCUT2D eigenvalue weighted by molar-refractivity contribution is 5.15. The number of aryl methyl sites for hydroxylation is 3. The summed E-state index contributed by atoms with van der Waals surface area (Å²) in [4.78, 5) is 0. The van der Waals surface area contributed by atoms with E-state index < -0.39 is 0 Å². The fraction of sp³-hybridized carbons (Fsp3) is 0.891. The standard InChI is InChI=1S/C46H88N/c1-4-7-10-13-15-17-19-21-23-25-27-29-31-33-36-39-45-42-46(44-47(43-45)41-38-35-12-9-6-3)40-37-34-32-30-28-26-24-22-20-18-16-14-11-8-5-2/h42-44H,4-41H2,1-3H3/q+1. The first-order valence-corrected chi connectivity index (χ1v) is 22.3. The zero-order chi connectivity index (χ0) is 33.7. The van der Waals surface area contributed by atoms with Crippen LogP contribution in [0.5, 0.6) is 0 Å². The van der Waals surface area contributed by atoms with Crippen molar-refractivity contribution in [2.24, 2.45) is 0 Å². The van der Waals surface area contributed by atoms with E-state index in [1.807, 2.05) is 0 Å². The van der Waals surface area contributed by atoms with Gasteiger partial charge in [-0.05, 0) is 38.2 Å². The van der Waals surface area contributed by atoms with Gasteiger partial charge in [0.15, 0.2) is 12.4 Å². The molecule has 0 bridgehead atoms. The van der Waals surface area contributed by atoms with Crippen molar-refractivity contribution in [1.82, 2.24) is 0 Å². The molecule has 1 rings (SSSR count). The number of unbranched alkanes of at least 4 members (excludes halogenated alkanes) is 32. The fourth-order valence-corrected chi connectivity index (χ4v) is 7.48. The zero-order valence-electron chi connectivity index (χ0n) is 33.0. The molecule has 0 atom stereocenters. The van der Waals surface area contributed by atoms with Crippen molar-refractivity contribution in [3.8, 4) is 0 Å². The second-order valence-corrected chi connectivity index (χ2v) is 15.6. The SMILES string of the molecule is CCCCCCCCCCCCCCCCCc1cc(CCCCCCCCCCCCCCCCC)c[n+](CCCCCCC)c1. The molecule has 1 nitrogen and oxygen atoms in total. The maximum absolute atomic E-state index is 2.57. The molecule has 0 radical (unpaired) electrons. The molecule has 0 saturated carbocycles. The summed E-state index contributed by atoms with van der Waals surface area (Å²) >= 11 is 0. The Labute approximate surface area is 298 Å². The second-order valence-electron chi connectivity index (χ2n) is 15.6. The minimum atomic E-state index is 1.21. The van der Waals surface area contributed by atoms with E-state index in [1.165, 1.54) is 244 Å². The molecule has 0 fully saturated rings. The van der Waals surface area contributed by atoms with Gasteiger partial charge < -0.3 is 0 Å². The summed E-state index contributed by atoms with van der Waals surface area (Å²) in [5, 5.41) is 0. The highest BCUT2D eigenvalue weighted by atomic mass is 14.9. The van der Waals surface area contributed by atoms with E-state index in [2.05, 4.69) is 43.8 Å². The molecular weight excluding hydrogens is 567 g/mol. The van der Waals surface area contributed by atoms with E-state index in [-0.39, 0.29) is 0 Å². The van der Waals surface area contributed by atoms with Crippen molar-refractivity contribution >= 4 is 0 Å². The van der Waals surface area contributed by atoms with Crippen LogP contribution in [0.4, 0.5) is 0 Å². The van der Waals surface area contributed by atoms with Gasteiger partial charge in [0.25, 0.3) is 0 Å². The van der Waals surface area contributed by atoms with Crippen LogP contribution in [0.3, 0.4) is 0 Å². The smallest absolute Gasteiger partial charge is 0.171 e. The van der Waals surface area contributed by atoms with Crippen molar-refractivity contribution in [1.29, 1.82) is 0 Å². The molecule has 0 unspecified atom stereocenters. The molecule has 0 aliphatic rings. The van der Waals surface area contributed by atoms with Gasteiger partial charge in [0, 0.05) is 17.5 Å². The minimum Gasteiger partial charge on any atom is -0.205 e. The van der Waals surface area contributed by atoms with Crippen LogP contribution in [0.1, 0.15) is 257 Å². The molecule has 0 aliphatic carbocycles. The summed E-state index contributed by atoms with van der Waals surface area (Å²) in [5.74, 6) is 0. The predicted molar refractivity (Wildman–Crippen MR) is 213 cm³/mol. The summed E-state index contributed by atoms with van der Waals surface area (Å²) in [5.41, 5.74) is 3.21.